The third-order valence-electron chi connectivity index (χ3n) is 3.44. The maximum absolute atomic E-state index is 14.0. The summed E-state index contributed by atoms with van der Waals surface area (Å²) >= 11 is 0. The number of nitrogens with one attached hydrogen (secondary N) is 2. The number of methoxy groups -OCH3 is 1. The van der Waals surface area contributed by atoms with Gasteiger partial charge in [0, 0.05) is 23.7 Å². The van der Waals surface area contributed by atoms with Crippen LogP contribution in [0.5, 0.6) is 5.75 Å². The van der Waals surface area contributed by atoms with Gasteiger partial charge in [-0.05, 0) is 0 Å². The standard InChI is InChI=1S/C13H10F2N2O4/c1-21-12-9(10(18)11(12)19)17-8-6(15)2-5(14)4-3-16-13(20)7(4)8/h2,13,16-17,20H,3H2,1H3. The van der Waals surface area contributed by atoms with Crippen molar-refractivity contribution in [2.24, 2.45) is 0 Å². The summed E-state index contributed by atoms with van der Waals surface area (Å²) in [4.78, 5) is 22.7. The lowest BCUT2D eigenvalue weighted by Crippen LogP contribution is -2.34. The van der Waals surface area contributed by atoms with Crippen LogP contribution in [-0.2, 0) is 6.54 Å². The van der Waals surface area contributed by atoms with Crippen molar-refractivity contribution in [3.05, 3.63) is 49.3 Å². The van der Waals surface area contributed by atoms with Crippen LogP contribution >= 0.6 is 0 Å². The van der Waals surface area contributed by atoms with E-state index in [0.29, 0.717) is 6.07 Å². The van der Waals surface area contributed by atoms with Crippen LogP contribution in [0.25, 0.3) is 0 Å². The minimum Gasteiger partial charge on any atom is -0.491 e. The van der Waals surface area contributed by atoms with Crippen LogP contribution in [0.3, 0.4) is 0 Å². The SMILES string of the molecule is COc1c(Nc2c(F)cc(F)c3c2C(O)NC3)c(=O)c1=O. The second-order valence-electron chi connectivity index (χ2n) is 4.58. The minimum atomic E-state index is -1.27. The number of aliphatic hydroxyl groups excluding tert-OH is 1. The first kappa shape index (κ1) is 13.7. The molecule has 1 aliphatic heterocycles. The average Bonchev–Trinajstić information content (AvgIpc) is 2.84. The fourth-order valence-corrected chi connectivity index (χ4v) is 2.39. The normalized spacial score (nSPS) is 17.0. The molecule has 21 heavy (non-hydrogen) atoms. The van der Waals surface area contributed by atoms with E-state index >= 15 is 0 Å². The molecule has 110 valence electrons. The number of ether oxygens (including phenoxy) is 1. The lowest BCUT2D eigenvalue weighted by Gasteiger charge is -2.17. The van der Waals surface area contributed by atoms with Crippen LogP contribution in [0, 0.1) is 11.6 Å². The molecular formula is C13H10F2N2O4. The number of benzene rings is 1. The highest BCUT2D eigenvalue weighted by Crippen LogP contribution is 2.37. The molecule has 0 spiro atoms. The first-order chi connectivity index (χ1) is 9.95. The molecule has 2 aromatic rings. The van der Waals surface area contributed by atoms with Gasteiger partial charge in [-0.25, -0.2) is 8.78 Å². The van der Waals surface area contributed by atoms with Gasteiger partial charge in [0.25, 0.3) is 10.9 Å². The van der Waals surface area contributed by atoms with Crippen molar-refractivity contribution in [3.63, 3.8) is 0 Å². The van der Waals surface area contributed by atoms with Gasteiger partial charge >= 0.3 is 0 Å². The monoisotopic (exact) mass is 296 g/mol. The lowest BCUT2D eigenvalue weighted by molar-refractivity contribution is 0.152. The Morgan fingerprint density at radius 2 is 2.00 bits per heavy atom. The van der Waals surface area contributed by atoms with Gasteiger partial charge in [0.15, 0.2) is 5.75 Å². The average molecular weight is 296 g/mol. The molecule has 6 nitrogen and oxygen atoms in total. The van der Waals surface area contributed by atoms with Gasteiger partial charge in [-0.2, -0.15) is 0 Å². The number of rotatable bonds is 3. The van der Waals surface area contributed by atoms with E-state index < -0.39 is 28.7 Å². The summed E-state index contributed by atoms with van der Waals surface area (Å²) in [6, 6.07) is 0.652. The summed E-state index contributed by atoms with van der Waals surface area (Å²) in [5.74, 6) is -2.00. The predicted octanol–water partition coefficient (Wildman–Crippen LogP) is 0.407. The maximum Gasteiger partial charge on any atom is 0.272 e. The van der Waals surface area contributed by atoms with Crippen molar-refractivity contribution < 1.29 is 18.6 Å². The van der Waals surface area contributed by atoms with Crippen molar-refractivity contribution >= 4 is 11.4 Å². The van der Waals surface area contributed by atoms with Gasteiger partial charge in [-0.3, -0.25) is 14.9 Å². The summed E-state index contributed by atoms with van der Waals surface area (Å²) in [6.45, 7) is 0.0281. The van der Waals surface area contributed by atoms with Crippen molar-refractivity contribution in [3.8, 4) is 5.75 Å². The molecule has 1 unspecified atom stereocenters. The smallest absolute Gasteiger partial charge is 0.272 e. The third kappa shape index (κ3) is 1.83. The molecule has 0 radical (unpaired) electrons. The summed E-state index contributed by atoms with van der Waals surface area (Å²) < 4.78 is 32.3. The van der Waals surface area contributed by atoms with E-state index in [9.17, 15) is 23.5 Å². The Balaban J connectivity index is 2.12. The Bertz CT molecular complexity index is 811. The van der Waals surface area contributed by atoms with Crippen LogP contribution in [0.4, 0.5) is 20.2 Å². The Hall–Kier alpha value is -2.32. The molecule has 8 heteroatoms. The molecule has 0 aromatic heterocycles. The zero-order valence-corrected chi connectivity index (χ0v) is 10.8. The van der Waals surface area contributed by atoms with Crippen molar-refractivity contribution in [1.29, 1.82) is 0 Å². The van der Waals surface area contributed by atoms with Gasteiger partial charge in [-0.15, -0.1) is 0 Å². The van der Waals surface area contributed by atoms with Crippen LogP contribution in [0.15, 0.2) is 15.7 Å². The second kappa shape index (κ2) is 4.61. The molecule has 0 saturated heterocycles. The van der Waals surface area contributed by atoms with E-state index in [1.807, 2.05) is 0 Å². The Morgan fingerprint density at radius 1 is 1.29 bits per heavy atom. The number of hydrogen-bond acceptors (Lipinski definition) is 6. The van der Waals surface area contributed by atoms with Crippen molar-refractivity contribution in [2.75, 3.05) is 12.4 Å². The molecule has 1 aliphatic rings. The van der Waals surface area contributed by atoms with Gasteiger partial charge in [0.1, 0.15) is 23.5 Å². The van der Waals surface area contributed by atoms with E-state index in [4.69, 9.17) is 4.74 Å². The number of halogens is 2. The highest BCUT2D eigenvalue weighted by atomic mass is 19.1. The largest absolute Gasteiger partial charge is 0.491 e. The highest BCUT2D eigenvalue weighted by molar-refractivity contribution is 5.73. The van der Waals surface area contributed by atoms with Crippen LogP contribution in [-0.4, -0.2) is 12.2 Å². The van der Waals surface area contributed by atoms with Gasteiger partial charge in [0.05, 0.1) is 12.8 Å². The number of fused-ring (bicyclic) bond motifs is 1. The summed E-state index contributed by atoms with van der Waals surface area (Å²) in [5.41, 5.74) is -2.07. The molecule has 0 bridgehead atoms. The van der Waals surface area contributed by atoms with E-state index in [1.54, 1.807) is 0 Å². The fraction of sp³-hybridized carbons (Fsp3) is 0.231. The number of aliphatic hydroxyl groups is 1. The van der Waals surface area contributed by atoms with Crippen molar-refractivity contribution in [1.82, 2.24) is 5.32 Å². The molecule has 3 N–H and O–H groups in total. The first-order valence-electron chi connectivity index (χ1n) is 6.02. The molecule has 3 rings (SSSR count). The van der Waals surface area contributed by atoms with E-state index in [1.165, 1.54) is 7.11 Å². The molecule has 1 heterocycles. The van der Waals surface area contributed by atoms with E-state index in [-0.39, 0.29) is 34.8 Å². The fourth-order valence-electron chi connectivity index (χ4n) is 2.39. The number of hydrogen-bond donors (Lipinski definition) is 3. The molecule has 2 aromatic carbocycles. The van der Waals surface area contributed by atoms with Gasteiger partial charge < -0.3 is 15.2 Å². The van der Waals surface area contributed by atoms with Gasteiger partial charge in [0.2, 0.25) is 0 Å². The number of anilines is 2. The molecule has 1 atom stereocenters. The summed E-state index contributed by atoms with van der Waals surface area (Å²) in [7, 11) is 1.20. The molecule has 0 aliphatic carbocycles. The Labute approximate surface area is 116 Å². The molecule has 0 fully saturated rings. The van der Waals surface area contributed by atoms with Crippen LogP contribution in [0.1, 0.15) is 17.4 Å². The Morgan fingerprint density at radius 3 is 2.67 bits per heavy atom. The Kier molecular flexibility index (Phi) is 2.99. The van der Waals surface area contributed by atoms with Gasteiger partial charge in [-0.1, -0.05) is 0 Å². The maximum atomic E-state index is 14.0. The third-order valence-corrected chi connectivity index (χ3v) is 3.44. The summed E-state index contributed by atoms with van der Waals surface area (Å²) in [5, 5.41) is 14.8. The minimum absolute atomic E-state index is 0.0254. The second-order valence-corrected chi connectivity index (χ2v) is 4.58. The highest BCUT2D eigenvalue weighted by Gasteiger charge is 2.31. The van der Waals surface area contributed by atoms with E-state index in [2.05, 4.69) is 10.6 Å². The first-order valence-corrected chi connectivity index (χ1v) is 6.02. The van der Waals surface area contributed by atoms with Crippen molar-refractivity contribution in [2.45, 2.75) is 12.8 Å². The zero-order valence-electron chi connectivity index (χ0n) is 10.8. The molecule has 0 saturated carbocycles. The van der Waals surface area contributed by atoms with Crippen LogP contribution < -0.4 is 26.2 Å². The predicted molar refractivity (Wildman–Crippen MR) is 69.3 cm³/mol. The lowest BCUT2D eigenvalue weighted by atomic mass is 10.0. The molecular weight excluding hydrogens is 286 g/mol. The van der Waals surface area contributed by atoms with Crippen LogP contribution in [0.2, 0.25) is 0 Å². The molecule has 0 amide bonds. The van der Waals surface area contributed by atoms with E-state index in [0.717, 1.165) is 0 Å². The zero-order chi connectivity index (χ0) is 15.3. The summed E-state index contributed by atoms with van der Waals surface area (Å²) in [6.07, 6.45) is -1.27. The topological polar surface area (TPSA) is 87.7 Å². The quantitative estimate of drug-likeness (QED) is 0.711.